The van der Waals surface area contributed by atoms with Crippen LogP contribution in [0.25, 0.3) is 0 Å². The molecule has 0 unspecified atom stereocenters. The number of aliphatic hydroxyl groups is 1. The van der Waals surface area contributed by atoms with E-state index in [1.807, 2.05) is 10.7 Å². The Labute approximate surface area is 147 Å². The molecule has 1 fully saturated rings. The highest BCUT2D eigenvalue weighted by Crippen LogP contribution is 2.34. The zero-order chi connectivity index (χ0) is 16.5. The van der Waals surface area contributed by atoms with Gasteiger partial charge in [-0.3, -0.25) is 4.90 Å². The first-order chi connectivity index (χ1) is 11.7. The average molecular weight is 347 g/mol. The molecule has 1 aliphatic carbocycles. The van der Waals surface area contributed by atoms with E-state index in [1.54, 1.807) is 0 Å². The van der Waals surface area contributed by atoms with Crippen LogP contribution in [-0.2, 0) is 13.0 Å². The van der Waals surface area contributed by atoms with E-state index in [-0.39, 0.29) is 12.1 Å². The van der Waals surface area contributed by atoms with Gasteiger partial charge in [0.05, 0.1) is 24.0 Å². The molecule has 1 aliphatic heterocycles. The predicted molar refractivity (Wildman–Crippen MR) is 93.1 cm³/mol. The molecule has 0 bridgehead atoms. The van der Waals surface area contributed by atoms with Gasteiger partial charge < -0.3 is 5.11 Å². The van der Waals surface area contributed by atoms with Crippen molar-refractivity contribution in [3.63, 3.8) is 0 Å². The second kappa shape index (κ2) is 6.82. The highest BCUT2D eigenvalue weighted by Gasteiger charge is 2.24. The lowest BCUT2D eigenvalue weighted by Gasteiger charge is -2.28. The number of likely N-dealkylation sites (tertiary alicyclic amines) is 1. The molecule has 6 heteroatoms. The van der Waals surface area contributed by atoms with Crippen molar-refractivity contribution in [3.05, 3.63) is 46.2 Å². The van der Waals surface area contributed by atoms with E-state index in [0.717, 1.165) is 56.0 Å². The quantitative estimate of drug-likeness (QED) is 0.928. The molecule has 128 valence electrons. The molecule has 2 heterocycles. The van der Waals surface area contributed by atoms with Crippen LogP contribution in [0, 0.1) is 0 Å². The molecule has 1 saturated heterocycles. The van der Waals surface area contributed by atoms with Gasteiger partial charge in [0.15, 0.2) is 0 Å². The minimum atomic E-state index is -0.138. The molecule has 0 radical (unpaired) electrons. The maximum Gasteiger partial charge on any atom is 0.0967 e. The molecule has 4 rings (SSSR count). The summed E-state index contributed by atoms with van der Waals surface area (Å²) in [5, 5.41) is 19.2. The van der Waals surface area contributed by atoms with Crippen molar-refractivity contribution in [2.24, 2.45) is 0 Å². The van der Waals surface area contributed by atoms with Crippen molar-refractivity contribution in [1.29, 1.82) is 0 Å². The molecule has 0 saturated carbocycles. The van der Waals surface area contributed by atoms with E-state index in [0.29, 0.717) is 0 Å². The van der Waals surface area contributed by atoms with E-state index in [9.17, 15) is 5.11 Å². The van der Waals surface area contributed by atoms with E-state index < -0.39 is 0 Å². The maximum atomic E-state index is 9.61. The van der Waals surface area contributed by atoms with Gasteiger partial charge in [0.1, 0.15) is 0 Å². The molecular formula is C18H23ClN4O. The van der Waals surface area contributed by atoms with Crippen LogP contribution < -0.4 is 0 Å². The highest BCUT2D eigenvalue weighted by atomic mass is 35.5. The summed E-state index contributed by atoms with van der Waals surface area (Å²) < 4.78 is 2.00. The Balaban J connectivity index is 1.50. The minimum absolute atomic E-state index is 0.138. The zero-order valence-electron chi connectivity index (χ0n) is 13.7. The number of piperidine rings is 1. The van der Waals surface area contributed by atoms with Gasteiger partial charge >= 0.3 is 0 Å². The number of hydrogen-bond donors (Lipinski definition) is 1. The largest absolute Gasteiger partial charge is 0.393 e. The van der Waals surface area contributed by atoms with Crippen LogP contribution in [0.4, 0.5) is 0 Å². The van der Waals surface area contributed by atoms with Crippen molar-refractivity contribution in [2.45, 2.75) is 50.8 Å². The molecule has 0 amide bonds. The van der Waals surface area contributed by atoms with Crippen molar-refractivity contribution in [1.82, 2.24) is 19.9 Å². The van der Waals surface area contributed by atoms with Crippen LogP contribution in [0.5, 0.6) is 0 Å². The Morgan fingerprint density at radius 2 is 2.04 bits per heavy atom. The van der Waals surface area contributed by atoms with Gasteiger partial charge in [0, 0.05) is 24.7 Å². The van der Waals surface area contributed by atoms with Gasteiger partial charge in [-0.1, -0.05) is 22.9 Å². The molecule has 1 aromatic heterocycles. The highest BCUT2D eigenvalue weighted by molar-refractivity contribution is 6.30. The van der Waals surface area contributed by atoms with Crippen molar-refractivity contribution >= 4 is 11.6 Å². The van der Waals surface area contributed by atoms with Crippen LogP contribution in [0.2, 0.25) is 5.02 Å². The fourth-order valence-corrected chi connectivity index (χ4v) is 4.05. The Kier molecular flexibility index (Phi) is 4.57. The number of halogens is 1. The summed E-state index contributed by atoms with van der Waals surface area (Å²) >= 11 is 6.20. The molecule has 2 aliphatic rings. The molecule has 24 heavy (non-hydrogen) atoms. The number of aromatic nitrogens is 3. The molecule has 5 nitrogen and oxygen atoms in total. The number of aryl methyl sites for hydroxylation is 1. The molecule has 1 N–H and O–H groups in total. The van der Waals surface area contributed by atoms with E-state index in [4.69, 9.17) is 11.6 Å². The normalized spacial score (nSPS) is 22.5. The minimum Gasteiger partial charge on any atom is -0.393 e. The van der Waals surface area contributed by atoms with Crippen LogP contribution >= 0.6 is 11.6 Å². The van der Waals surface area contributed by atoms with Gasteiger partial charge in [-0.2, -0.15) is 0 Å². The lowest BCUT2D eigenvalue weighted by atomic mass is 9.88. The lowest BCUT2D eigenvalue weighted by molar-refractivity contribution is 0.0786. The summed E-state index contributed by atoms with van der Waals surface area (Å²) in [7, 11) is 0. The van der Waals surface area contributed by atoms with Crippen LogP contribution in [0.1, 0.15) is 48.5 Å². The molecule has 1 atom stereocenters. The SMILES string of the molecule is OC1CCN(Cc2cn([C@H]3CCCc4ccc(Cl)cc43)nn2)CC1. The van der Waals surface area contributed by atoms with Crippen molar-refractivity contribution in [3.8, 4) is 0 Å². The average Bonchev–Trinajstić information content (AvgIpc) is 3.04. The fraction of sp³-hybridized carbons (Fsp3) is 0.556. The van der Waals surface area contributed by atoms with Gasteiger partial charge in [0.25, 0.3) is 0 Å². The lowest BCUT2D eigenvalue weighted by Crippen LogP contribution is -2.35. The molecule has 1 aromatic carbocycles. The van der Waals surface area contributed by atoms with Gasteiger partial charge in [0.2, 0.25) is 0 Å². The second-order valence-electron chi connectivity index (χ2n) is 6.95. The third kappa shape index (κ3) is 3.34. The maximum absolute atomic E-state index is 9.61. The number of rotatable bonds is 3. The third-order valence-electron chi connectivity index (χ3n) is 5.21. The first kappa shape index (κ1) is 16.1. The van der Waals surface area contributed by atoms with Gasteiger partial charge in [-0.15, -0.1) is 5.10 Å². The van der Waals surface area contributed by atoms with Gasteiger partial charge in [-0.05, 0) is 55.4 Å². The monoisotopic (exact) mass is 346 g/mol. The number of aliphatic hydroxyl groups excluding tert-OH is 1. The van der Waals surface area contributed by atoms with Crippen LogP contribution in [0.15, 0.2) is 24.4 Å². The smallest absolute Gasteiger partial charge is 0.0967 e. The number of hydrogen-bond acceptors (Lipinski definition) is 4. The number of benzene rings is 1. The first-order valence-electron chi connectivity index (χ1n) is 8.78. The van der Waals surface area contributed by atoms with Crippen LogP contribution in [-0.4, -0.2) is 44.2 Å². The summed E-state index contributed by atoms with van der Waals surface area (Å²) in [5.41, 5.74) is 3.66. The third-order valence-corrected chi connectivity index (χ3v) is 5.45. The van der Waals surface area contributed by atoms with Gasteiger partial charge in [-0.25, -0.2) is 4.68 Å². The summed E-state index contributed by atoms with van der Waals surface area (Å²) in [6.45, 7) is 2.66. The van der Waals surface area contributed by atoms with Crippen LogP contribution in [0.3, 0.4) is 0 Å². The standard InChI is InChI=1S/C18H23ClN4O/c19-14-5-4-13-2-1-3-18(17(13)10-14)23-12-15(20-21-23)11-22-8-6-16(24)7-9-22/h4-5,10,12,16,18,24H,1-3,6-9,11H2/t18-/m0/s1. The van der Waals surface area contributed by atoms with E-state index in [1.165, 1.54) is 17.5 Å². The van der Waals surface area contributed by atoms with Crippen molar-refractivity contribution in [2.75, 3.05) is 13.1 Å². The predicted octanol–water partition coefficient (Wildman–Crippen LogP) is 2.81. The van der Waals surface area contributed by atoms with E-state index in [2.05, 4.69) is 33.5 Å². The Hall–Kier alpha value is -1.43. The molecule has 0 spiro atoms. The Bertz CT molecular complexity index is 709. The topological polar surface area (TPSA) is 54.2 Å². The first-order valence-corrected chi connectivity index (χ1v) is 9.16. The fourth-order valence-electron chi connectivity index (χ4n) is 3.86. The Morgan fingerprint density at radius 1 is 1.21 bits per heavy atom. The molecular weight excluding hydrogens is 324 g/mol. The zero-order valence-corrected chi connectivity index (χ0v) is 14.5. The summed E-state index contributed by atoms with van der Waals surface area (Å²) in [4.78, 5) is 2.34. The Morgan fingerprint density at radius 3 is 2.88 bits per heavy atom. The summed E-state index contributed by atoms with van der Waals surface area (Å²) in [6.07, 6.45) is 6.99. The number of fused-ring (bicyclic) bond motifs is 1. The summed E-state index contributed by atoms with van der Waals surface area (Å²) in [5.74, 6) is 0. The van der Waals surface area contributed by atoms with Crippen molar-refractivity contribution < 1.29 is 5.11 Å². The summed E-state index contributed by atoms with van der Waals surface area (Å²) in [6, 6.07) is 6.42. The number of nitrogens with zero attached hydrogens (tertiary/aromatic N) is 4. The molecule has 2 aromatic rings. The second-order valence-corrected chi connectivity index (χ2v) is 7.38. The van der Waals surface area contributed by atoms with E-state index >= 15 is 0 Å².